The summed E-state index contributed by atoms with van der Waals surface area (Å²) in [5, 5.41) is 9.04. The molecule has 0 bridgehead atoms. The monoisotopic (exact) mass is 257 g/mol. The summed E-state index contributed by atoms with van der Waals surface area (Å²) in [6.07, 6.45) is 0. The van der Waals surface area contributed by atoms with Gasteiger partial charge >= 0.3 is 5.97 Å². The molecule has 90 valence electrons. The maximum atomic E-state index is 11.6. The predicted octanol–water partition coefficient (Wildman–Crippen LogP) is 3.46. The average molecular weight is 257 g/mol. The highest BCUT2D eigenvalue weighted by atomic mass is 32.1. The van der Waals surface area contributed by atoms with Crippen molar-refractivity contribution in [1.82, 2.24) is 0 Å². The van der Waals surface area contributed by atoms with Gasteiger partial charge in [0.25, 0.3) is 0 Å². The van der Waals surface area contributed by atoms with E-state index in [-0.39, 0.29) is 5.97 Å². The lowest BCUT2D eigenvalue weighted by Crippen LogP contribution is -2.01. The van der Waals surface area contributed by atoms with Gasteiger partial charge in [0.1, 0.15) is 4.88 Å². The number of carbonyl (C=O) groups excluding carboxylic acids is 1. The van der Waals surface area contributed by atoms with Crippen LogP contribution in [0.4, 0.5) is 0 Å². The molecular weight excluding hydrogens is 246 g/mol. The van der Waals surface area contributed by atoms with Crippen LogP contribution in [0.2, 0.25) is 0 Å². The van der Waals surface area contributed by atoms with E-state index in [4.69, 9.17) is 10.00 Å². The number of esters is 1. The number of rotatable bonds is 3. The van der Waals surface area contributed by atoms with Crippen LogP contribution in [0, 0.1) is 11.3 Å². The van der Waals surface area contributed by atoms with Crippen molar-refractivity contribution >= 4 is 17.3 Å². The fourth-order valence-corrected chi connectivity index (χ4v) is 2.53. The van der Waals surface area contributed by atoms with Crippen LogP contribution in [0.3, 0.4) is 0 Å². The molecule has 0 saturated carbocycles. The van der Waals surface area contributed by atoms with Crippen LogP contribution in [-0.4, -0.2) is 12.6 Å². The summed E-state index contributed by atoms with van der Waals surface area (Å²) in [7, 11) is 0. The van der Waals surface area contributed by atoms with Crippen molar-refractivity contribution in [2.75, 3.05) is 6.61 Å². The van der Waals surface area contributed by atoms with Gasteiger partial charge in [0, 0.05) is 10.4 Å². The highest BCUT2D eigenvalue weighted by molar-refractivity contribution is 7.17. The van der Waals surface area contributed by atoms with Crippen molar-refractivity contribution in [2.24, 2.45) is 0 Å². The summed E-state index contributed by atoms with van der Waals surface area (Å²) >= 11 is 1.34. The molecule has 18 heavy (non-hydrogen) atoms. The van der Waals surface area contributed by atoms with Crippen LogP contribution in [0.25, 0.3) is 10.4 Å². The maximum absolute atomic E-state index is 11.6. The van der Waals surface area contributed by atoms with Gasteiger partial charge in [-0.3, -0.25) is 0 Å². The standard InChI is InChI=1S/C14H11NO2S/c1-2-17-14(16)13-8-7-12(18-13)11-6-4-3-5-10(11)9-15/h3-8H,2H2,1H3. The minimum Gasteiger partial charge on any atom is -0.462 e. The van der Waals surface area contributed by atoms with Gasteiger partial charge in [-0.2, -0.15) is 5.26 Å². The van der Waals surface area contributed by atoms with E-state index in [1.807, 2.05) is 24.3 Å². The van der Waals surface area contributed by atoms with E-state index < -0.39 is 0 Å². The highest BCUT2D eigenvalue weighted by Gasteiger charge is 2.12. The largest absolute Gasteiger partial charge is 0.462 e. The third kappa shape index (κ3) is 2.41. The van der Waals surface area contributed by atoms with Crippen molar-refractivity contribution in [2.45, 2.75) is 6.92 Å². The topological polar surface area (TPSA) is 50.1 Å². The molecule has 0 amide bonds. The molecule has 0 fully saturated rings. The second-order valence-corrected chi connectivity index (χ2v) is 4.63. The smallest absolute Gasteiger partial charge is 0.348 e. The summed E-state index contributed by atoms with van der Waals surface area (Å²) in [6, 6.07) is 13.1. The van der Waals surface area contributed by atoms with Gasteiger partial charge < -0.3 is 4.74 Å². The number of ether oxygens (including phenoxy) is 1. The van der Waals surface area contributed by atoms with E-state index in [0.29, 0.717) is 17.0 Å². The zero-order valence-electron chi connectivity index (χ0n) is 9.84. The predicted molar refractivity (Wildman–Crippen MR) is 70.4 cm³/mol. The number of hydrogen-bond acceptors (Lipinski definition) is 4. The molecule has 2 aromatic rings. The van der Waals surface area contributed by atoms with Crippen molar-refractivity contribution < 1.29 is 9.53 Å². The molecule has 0 aliphatic rings. The summed E-state index contributed by atoms with van der Waals surface area (Å²) < 4.78 is 4.94. The molecule has 0 atom stereocenters. The molecule has 4 heteroatoms. The third-order valence-corrected chi connectivity index (χ3v) is 3.49. The minimum atomic E-state index is -0.316. The van der Waals surface area contributed by atoms with Gasteiger partial charge in [-0.1, -0.05) is 18.2 Å². The van der Waals surface area contributed by atoms with Gasteiger partial charge in [-0.25, -0.2) is 4.79 Å². The summed E-state index contributed by atoms with van der Waals surface area (Å²) in [5.41, 5.74) is 1.45. The Balaban J connectivity index is 2.36. The number of hydrogen-bond donors (Lipinski definition) is 0. The Kier molecular flexibility index (Phi) is 3.75. The second-order valence-electron chi connectivity index (χ2n) is 3.54. The summed E-state index contributed by atoms with van der Waals surface area (Å²) in [4.78, 5) is 13.0. The van der Waals surface area contributed by atoms with Crippen LogP contribution in [0.15, 0.2) is 36.4 Å². The molecular formula is C14H11NO2S. The first-order valence-electron chi connectivity index (χ1n) is 5.52. The first-order chi connectivity index (χ1) is 8.76. The molecule has 0 aliphatic heterocycles. The zero-order valence-corrected chi connectivity index (χ0v) is 10.7. The van der Waals surface area contributed by atoms with Crippen LogP contribution in [-0.2, 0) is 4.74 Å². The van der Waals surface area contributed by atoms with E-state index in [1.165, 1.54) is 11.3 Å². The van der Waals surface area contributed by atoms with E-state index >= 15 is 0 Å². The van der Waals surface area contributed by atoms with Gasteiger partial charge in [0.2, 0.25) is 0 Å². The SMILES string of the molecule is CCOC(=O)c1ccc(-c2ccccc2C#N)s1. The van der Waals surface area contributed by atoms with E-state index in [9.17, 15) is 4.79 Å². The Morgan fingerprint density at radius 2 is 2.11 bits per heavy atom. The lowest BCUT2D eigenvalue weighted by molar-refractivity contribution is 0.0532. The van der Waals surface area contributed by atoms with Gasteiger partial charge in [-0.05, 0) is 25.1 Å². The Bertz CT molecular complexity index is 610. The average Bonchev–Trinajstić information content (AvgIpc) is 2.88. The quantitative estimate of drug-likeness (QED) is 0.791. The van der Waals surface area contributed by atoms with E-state index in [2.05, 4.69) is 6.07 Å². The number of benzene rings is 1. The van der Waals surface area contributed by atoms with E-state index in [0.717, 1.165) is 10.4 Å². The molecule has 2 rings (SSSR count). The number of carbonyl (C=O) groups is 1. The first kappa shape index (κ1) is 12.3. The second kappa shape index (κ2) is 5.48. The zero-order chi connectivity index (χ0) is 13.0. The Labute approximate surface area is 109 Å². The molecule has 1 aromatic heterocycles. The first-order valence-corrected chi connectivity index (χ1v) is 6.34. The van der Waals surface area contributed by atoms with Gasteiger partial charge in [0.15, 0.2) is 0 Å². The number of nitrogens with zero attached hydrogens (tertiary/aromatic N) is 1. The lowest BCUT2D eigenvalue weighted by Gasteiger charge is -2.00. The normalized spacial score (nSPS) is 9.78. The van der Waals surface area contributed by atoms with Crippen molar-refractivity contribution in [1.29, 1.82) is 5.26 Å². The minimum absolute atomic E-state index is 0.316. The molecule has 0 unspecified atom stereocenters. The number of thiophene rings is 1. The Morgan fingerprint density at radius 3 is 2.83 bits per heavy atom. The molecule has 0 N–H and O–H groups in total. The molecule has 0 aliphatic carbocycles. The lowest BCUT2D eigenvalue weighted by atomic mass is 10.1. The molecule has 0 saturated heterocycles. The van der Waals surface area contributed by atoms with Gasteiger partial charge in [0.05, 0.1) is 18.2 Å². The Morgan fingerprint density at radius 1 is 1.33 bits per heavy atom. The number of nitriles is 1. The van der Waals surface area contributed by atoms with Crippen LogP contribution in [0.5, 0.6) is 0 Å². The van der Waals surface area contributed by atoms with Crippen molar-refractivity contribution in [3.05, 3.63) is 46.8 Å². The fraction of sp³-hybridized carbons (Fsp3) is 0.143. The highest BCUT2D eigenvalue weighted by Crippen LogP contribution is 2.30. The third-order valence-electron chi connectivity index (χ3n) is 2.40. The van der Waals surface area contributed by atoms with Crippen LogP contribution in [0.1, 0.15) is 22.2 Å². The maximum Gasteiger partial charge on any atom is 0.348 e. The van der Waals surface area contributed by atoms with Crippen molar-refractivity contribution in [3.8, 4) is 16.5 Å². The molecule has 3 nitrogen and oxygen atoms in total. The summed E-state index contributed by atoms with van der Waals surface area (Å²) in [6.45, 7) is 2.14. The molecule has 1 aromatic carbocycles. The molecule has 0 spiro atoms. The molecule has 1 heterocycles. The molecule has 0 radical (unpaired) electrons. The van der Waals surface area contributed by atoms with Crippen LogP contribution < -0.4 is 0 Å². The van der Waals surface area contributed by atoms with Crippen LogP contribution >= 0.6 is 11.3 Å². The fourth-order valence-electron chi connectivity index (χ4n) is 1.59. The summed E-state index contributed by atoms with van der Waals surface area (Å²) in [5.74, 6) is -0.316. The van der Waals surface area contributed by atoms with Crippen molar-refractivity contribution in [3.63, 3.8) is 0 Å². The van der Waals surface area contributed by atoms with E-state index in [1.54, 1.807) is 19.1 Å². The van der Waals surface area contributed by atoms with Gasteiger partial charge in [-0.15, -0.1) is 11.3 Å². The Hall–Kier alpha value is -2.12.